The number of urea groups is 1. The maximum atomic E-state index is 11.9. The third kappa shape index (κ3) is 3.99. The molecule has 2 aromatic carbocycles. The highest BCUT2D eigenvalue weighted by Crippen LogP contribution is 2.20. The molecule has 0 aromatic heterocycles. The lowest BCUT2D eigenvalue weighted by atomic mass is 10.2. The lowest BCUT2D eigenvalue weighted by molar-refractivity contribution is 0.0963. The topological polar surface area (TPSA) is 70.2 Å². The highest BCUT2D eigenvalue weighted by molar-refractivity contribution is 6.31. The van der Waals surface area contributed by atoms with Crippen LogP contribution < -0.4 is 16.0 Å². The number of carbonyl (C=O) groups excluding carboxylic acids is 2. The molecular formula is C16H16ClN3O2. The van der Waals surface area contributed by atoms with Gasteiger partial charge in [0.15, 0.2) is 0 Å². The van der Waals surface area contributed by atoms with Gasteiger partial charge in [-0.05, 0) is 48.9 Å². The molecule has 3 N–H and O–H groups in total. The third-order valence-electron chi connectivity index (χ3n) is 3.06. The molecule has 0 aliphatic carbocycles. The molecule has 0 aliphatic heterocycles. The molecule has 2 aromatic rings. The minimum absolute atomic E-state index is 0.176. The van der Waals surface area contributed by atoms with Crippen LogP contribution in [0.15, 0.2) is 42.5 Å². The molecule has 0 radical (unpaired) electrons. The van der Waals surface area contributed by atoms with Gasteiger partial charge in [0, 0.05) is 29.0 Å². The number of hydrogen-bond donors (Lipinski definition) is 3. The molecule has 0 aliphatic rings. The Labute approximate surface area is 133 Å². The average molecular weight is 318 g/mol. The van der Waals surface area contributed by atoms with Crippen LogP contribution in [0.4, 0.5) is 16.2 Å². The van der Waals surface area contributed by atoms with E-state index in [1.165, 1.54) is 0 Å². The number of carbonyl (C=O) groups is 2. The van der Waals surface area contributed by atoms with Crippen molar-refractivity contribution in [1.82, 2.24) is 5.32 Å². The van der Waals surface area contributed by atoms with Crippen LogP contribution in [0.3, 0.4) is 0 Å². The molecule has 0 saturated carbocycles. The summed E-state index contributed by atoms with van der Waals surface area (Å²) < 4.78 is 0. The Bertz CT molecular complexity index is 699. The first-order valence-corrected chi connectivity index (χ1v) is 7.03. The van der Waals surface area contributed by atoms with Gasteiger partial charge in [0.2, 0.25) is 0 Å². The van der Waals surface area contributed by atoms with Crippen LogP contribution in [-0.4, -0.2) is 19.0 Å². The fourth-order valence-electron chi connectivity index (χ4n) is 1.81. The zero-order chi connectivity index (χ0) is 16.1. The number of anilines is 2. The molecule has 2 rings (SSSR count). The summed E-state index contributed by atoms with van der Waals surface area (Å²) in [6, 6.07) is 11.5. The van der Waals surface area contributed by atoms with E-state index in [0.717, 1.165) is 5.56 Å². The average Bonchev–Trinajstić information content (AvgIpc) is 2.51. The number of hydrogen-bond acceptors (Lipinski definition) is 2. The van der Waals surface area contributed by atoms with E-state index in [-0.39, 0.29) is 11.9 Å². The van der Waals surface area contributed by atoms with E-state index in [1.54, 1.807) is 43.4 Å². The molecular weight excluding hydrogens is 302 g/mol. The van der Waals surface area contributed by atoms with Crippen LogP contribution in [0.1, 0.15) is 15.9 Å². The normalized spacial score (nSPS) is 9.95. The second-order valence-corrected chi connectivity index (χ2v) is 5.11. The molecule has 5 nitrogen and oxygen atoms in total. The quantitative estimate of drug-likeness (QED) is 0.808. The maximum Gasteiger partial charge on any atom is 0.323 e. The highest BCUT2D eigenvalue weighted by Gasteiger charge is 2.06. The summed E-state index contributed by atoms with van der Waals surface area (Å²) in [5.41, 5.74) is 2.66. The number of nitrogens with one attached hydrogen (secondary N) is 3. The van der Waals surface area contributed by atoms with Crippen molar-refractivity contribution in [3.05, 3.63) is 58.6 Å². The summed E-state index contributed by atoms with van der Waals surface area (Å²) in [5, 5.41) is 8.50. The zero-order valence-electron chi connectivity index (χ0n) is 12.2. The van der Waals surface area contributed by atoms with Crippen molar-refractivity contribution in [3.8, 4) is 0 Å². The standard InChI is InChI=1S/C16H16ClN3O2/c1-10-3-6-13(9-14(10)17)20-16(22)19-12-7-4-11(5-8-12)15(21)18-2/h3-9H,1-2H3,(H,18,21)(H2,19,20,22). The first-order valence-electron chi connectivity index (χ1n) is 6.66. The Hall–Kier alpha value is -2.53. The highest BCUT2D eigenvalue weighted by atomic mass is 35.5. The van der Waals surface area contributed by atoms with Gasteiger partial charge in [0.1, 0.15) is 0 Å². The summed E-state index contributed by atoms with van der Waals surface area (Å²) in [4.78, 5) is 23.3. The molecule has 22 heavy (non-hydrogen) atoms. The second kappa shape index (κ2) is 6.95. The molecule has 0 saturated heterocycles. The predicted octanol–water partition coefficient (Wildman–Crippen LogP) is 3.65. The third-order valence-corrected chi connectivity index (χ3v) is 3.47. The van der Waals surface area contributed by atoms with Crippen molar-refractivity contribution in [1.29, 1.82) is 0 Å². The second-order valence-electron chi connectivity index (χ2n) is 4.70. The van der Waals surface area contributed by atoms with Crippen LogP contribution in [0, 0.1) is 6.92 Å². The van der Waals surface area contributed by atoms with E-state index in [2.05, 4.69) is 16.0 Å². The Kier molecular flexibility index (Phi) is 5.01. The van der Waals surface area contributed by atoms with Crippen molar-refractivity contribution in [2.24, 2.45) is 0 Å². The minimum atomic E-state index is -0.382. The lowest BCUT2D eigenvalue weighted by Gasteiger charge is -2.09. The number of aryl methyl sites for hydroxylation is 1. The molecule has 0 atom stereocenters. The van der Waals surface area contributed by atoms with Crippen molar-refractivity contribution in [2.75, 3.05) is 17.7 Å². The Morgan fingerprint density at radius 1 is 0.955 bits per heavy atom. The Balaban J connectivity index is 1.99. The van der Waals surface area contributed by atoms with Crippen LogP contribution in [0.2, 0.25) is 5.02 Å². The van der Waals surface area contributed by atoms with Gasteiger partial charge in [-0.2, -0.15) is 0 Å². The Morgan fingerprint density at radius 2 is 1.55 bits per heavy atom. The smallest absolute Gasteiger partial charge is 0.323 e. The summed E-state index contributed by atoms with van der Waals surface area (Å²) in [6.07, 6.45) is 0. The fraction of sp³-hybridized carbons (Fsp3) is 0.125. The largest absolute Gasteiger partial charge is 0.355 e. The van der Waals surface area contributed by atoms with Gasteiger partial charge in [-0.1, -0.05) is 17.7 Å². The van der Waals surface area contributed by atoms with Gasteiger partial charge in [0.05, 0.1) is 0 Å². The monoisotopic (exact) mass is 317 g/mol. The van der Waals surface area contributed by atoms with E-state index in [4.69, 9.17) is 11.6 Å². The van der Waals surface area contributed by atoms with Gasteiger partial charge < -0.3 is 16.0 Å². The first kappa shape index (κ1) is 15.9. The van der Waals surface area contributed by atoms with E-state index in [1.807, 2.05) is 13.0 Å². The summed E-state index contributed by atoms with van der Waals surface area (Å²) in [6.45, 7) is 1.89. The maximum absolute atomic E-state index is 11.9. The van der Waals surface area contributed by atoms with Crippen molar-refractivity contribution < 1.29 is 9.59 Å². The number of halogens is 1. The summed E-state index contributed by atoms with van der Waals surface area (Å²) in [5.74, 6) is -0.176. The van der Waals surface area contributed by atoms with E-state index in [0.29, 0.717) is 22.0 Å². The number of rotatable bonds is 3. The molecule has 114 valence electrons. The van der Waals surface area contributed by atoms with Crippen molar-refractivity contribution >= 4 is 34.9 Å². The molecule has 0 bridgehead atoms. The van der Waals surface area contributed by atoms with E-state index >= 15 is 0 Å². The molecule has 0 fully saturated rings. The van der Waals surface area contributed by atoms with E-state index < -0.39 is 0 Å². The zero-order valence-corrected chi connectivity index (χ0v) is 13.0. The minimum Gasteiger partial charge on any atom is -0.355 e. The summed E-state index contributed by atoms with van der Waals surface area (Å²) >= 11 is 6.01. The predicted molar refractivity (Wildman–Crippen MR) is 88.7 cm³/mol. The molecule has 0 heterocycles. The van der Waals surface area contributed by atoms with Gasteiger partial charge in [-0.3, -0.25) is 4.79 Å². The lowest BCUT2D eigenvalue weighted by Crippen LogP contribution is -2.20. The van der Waals surface area contributed by atoms with Gasteiger partial charge in [-0.15, -0.1) is 0 Å². The van der Waals surface area contributed by atoms with Crippen LogP contribution in [-0.2, 0) is 0 Å². The number of benzene rings is 2. The van der Waals surface area contributed by atoms with Crippen LogP contribution in [0.5, 0.6) is 0 Å². The van der Waals surface area contributed by atoms with Crippen LogP contribution in [0.25, 0.3) is 0 Å². The molecule has 0 unspecified atom stereocenters. The molecule has 0 spiro atoms. The number of amides is 3. The summed E-state index contributed by atoms with van der Waals surface area (Å²) in [7, 11) is 1.56. The first-order chi connectivity index (χ1) is 10.5. The molecule has 3 amide bonds. The fourth-order valence-corrected chi connectivity index (χ4v) is 1.99. The van der Waals surface area contributed by atoms with Crippen molar-refractivity contribution in [3.63, 3.8) is 0 Å². The van der Waals surface area contributed by atoms with E-state index in [9.17, 15) is 9.59 Å². The SMILES string of the molecule is CNC(=O)c1ccc(NC(=O)Nc2ccc(C)c(Cl)c2)cc1. The Morgan fingerprint density at radius 3 is 2.14 bits per heavy atom. The molecule has 6 heteroatoms. The van der Waals surface area contributed by atoms with Gasteiger partial charge in [-0.25, -0.2) is 4.79 Å². The van der Waals surface area contributed by atoms with Gasteiger partial charge in [0.25, 0.3) is 5.91 Å². The van der Waals surface area contributed by atoms with Crippen molar-refractivity contribution in [2.45, 2.75) is 6.92 Å². The van der Waals surface area contributed by atoms with Crippen LogP contribution >= 0.6 is 11.6 Å². The van der Waals surface area contributed by atoms with Gasteiger partial charge >= 0.3 is 6.03 Å².